The third kappa shape index (κ3) is 4.07. The van der Waals surface area contributed by atoms with Gasteiger partial charge in [0.25, 0.3) is 5.91 Å². The number of aryl methyl sites for hydroxylation is 1. The average molecular weight is 309 g/mol. The highest BCUT2D eigenvalue weighted by Gasteiger charge is 2.12. The normalized spacial score (nSPS) is 10.6. The fourth-order valence-corrected chi connectivity index (χ4v) is 2.28. The third-order valence-corrected chi connectivity index (χ3v) is 3.44. The molecule has 0 radical (unpaired) electrons. The monoisotopic (exact) mass is 309 g/mol. The van der Waals surface area contributed by atoms with Crippen LogP contribution < -0.4 is 5.32 Å². The summed E-state index contributed by atoms with van der Waals surface area (Å²) in [5.41, 5.74) is 3.34. The molecule has 0 aliphatic rings. The maximum Gasteiger partial charge on any atom is 0.255 e. The lowest BCUT2D eigenvalue weighted by molar-refractivity contribution is 0.101. The number of rotatable bonds is 5. The molecule has 0 unspecified atom stereocenters. The van der Waals surface area contributed by atoms with Gasteiger partial charge in [-0.15, -0.1) is 0 Å². The van der Waals surface area contributed by atoms with Crippen LogP contribution in [0.15, 0.2) is 48.7 Å². The standard InChI is InChI=1S/C19H19NO3/c1-13-11-16(9-10-23-3)18(12-17(13)14(2)21)20-19(22)15-7-5-4-6-8-15/h4-12H,1-3H3,(H,20,22)/b10-9-. The predicted octanol–water partition coefficient (Wildman–Crippen LogP) is 4.07. The fraction of sp³-hybridized carbons (Fsp3) is 0.158. The lowest BCUT2D eigenvalue weighted by Gasteiger charge is -2.12. The Morgan fingerprint density at radius 3 is 2.43 bits per heavy atom. The van der Waals surface area contributed by atoms with Crippen molar-refractivity contribution in [1.82, 2.24) is 0 Å². The van der Waals surface area contributed by atoms with E-state index < -0.39 is 0 Å². The van der Waals surface area contributed by atoms with E-state index in [1.54, 1.807) is 43.5 Å². The molecule has 23 heavy (non-hydrogen) atoms. The fourth-order valence-electron chi connectivity index (χ4n) is 2.28. The summed E-state index contributed by atoms with van der Waals surface area (Å²) in [6, 6.07) is 12.5. The van der Waals surface area contributed by atoms with E-state index in [1.165, 1.54) is 13.2 Å². The molecule has 0 saturated carbocycles. The van der Waals surface area contributed by atoms with Crippen LogP contribution in [-0.2, 0) is 4.74 Å². The van der Waals surface area contributed by atoms with E-state index in [-0.39, 0.29) is 11.7 Å². The maximum absolute atomic E-state index is 12.4. The summed E-state index contributed by atoms with van der Waals surface area (Å²) in [7, 11) is 1.55. The van der Waals surface area contributed by atoms with Crippen molar-refractivity contribution in [3.8, 4) is 0 Å². The summed E-state index contributed by atoms with van der Waals surface area (Å²) in [6.45, 7) is 3.37. The average Bonchev–Trinajstić information content (AvgIpc) is 2.55. The molecule has 0 bridgehead atoms. The molecule has 0 aromatic heterocycles. The molecule has 2 aromatic carbocycles. The molecule has 0 atom stereocenters. The second-order valence-electron chi connectivity index (χ2n) is 5.17. The zero-order valence-electron chi connectivity index (χ0n) is 13.4. The summed E-state index contributed by atoms with van der Waals surface area (Å²) < 4.78 is 4.95. The molecular weight excluding hydrogens is 290 g/mol. The molecule has 0 fully saturated rings. The van der Waals surface area contributed by atoms with Gasteiger partial charge in [0.1, 0.15) is 0 Å². The van der Waals surface area contributed by atoms with Gasteiger partial charge < -0.3 is 10.1 Å². The number of anilines is 1. The van der Waals surface area contributed by atoms with Gasteiger partial charge in [-0.2, -0.15) is 0 Å². The van der Waals surface area contributed by atoms with Gasteiger partial charge in [-0.3, -0.25) is 9.59 Å². The highest BCUT2D eigenvalue weighted by atomic mass is 16.5. The molecule has 4 nitrogen and oxygen atoms in total. The van der Waals surface area contributed by atoms with Gasteiger partial charge in [0.05, 0.1) is 13.4 Å². The number of ether oxygens (including phenoxy) is 1. The van der Waals surface area contributed by atoms with Crippen LogP contribution in [-0.4, -0.2) is 18.8 Å². The van der Waals surface area contributed by atoms with E-state index in [9.17, 15) is 9.59 Å². The van der Waals surface area contributed by atoms with Crippen molar-refractivity contribution >= 4 is 23.5 Å². The number of ketones is 1. The van der Waals surface area contributed by atoms with Crippen LogP contribution in [0.25, 0.3) is 6.08 Å². The summed E-state index contributed by atoms with van der Waals surface area (Å²) in [4.78, 5) is 24.1. The van der Waals surface area contributed by atoms with Crippen LogP contribution in [0.1, 0.15) is 38.8 Å². The summed E-state index contributed by atoms with van der Waals surface area (Å²) in [6.07, 6.45) is 3.28. The second kappa shape index (κ2) is 7.40. The minimum atomic E-state index is -0.226. The van der Waals surface area contributed by atoms with Crippen LogP contribution in [0.3, 0.4) is 0 Å². The molecule has 2 rings (SSSR count). The van der Waals surface area contributed by atoms with Gasteiger partial charge >= 0.3 is 0 Å². The summed E-state index contributed by atoms with van der Waals surface area (Å²) in [5.74, 6) is -0.268. The lowest BCUT2D eigenvalue weighted by atomic mass is 10.00. The number of benzene rings is 2. The number of amides is 1. The Hall–Kier alpha value is -2.88. The van der Waals surface area contributed by atoms with Gasteiger partial charge in [-0.1, -0.05) is 18.2 Å². The Morgan fingerprint density at radius 1 is 1.13 bits per heavy atom. The quantitative estimate of drug-likeness (QED) is 0.669. The van der Waals surface area contributed by atoms with E-state index in [1.807, 2.05) is 19.1 Å². The van der Waals surface area contributed by atoms with Crippen LogP contribution >= 0.6 is 0 Å². The number of nitrogens with one attached hydrogen (secondary N) is 1. The molecule has 1 amide bonds. The number of methoxy groups -OCH3 is 1. The molecule has 0 heterocycles. The van der Waals surface area contributed by atoms with E-state index >= 15 is 0 Å². The van der Waals surface area contributed by atoms with Crippen molar-refractivity contribution in [3.63, 3.8) is 0 Å². The zero-order valence-corrected chi connectivity index (χ0v) is 13.4. The molecule has 118 valence electrons. The van der Waals surface area contributed by atoms with E-state index in [2.05, 4.69) is 5.32 Å². The molecule has 0 aliphatic carbocycles. The van der Waals surface area contributed by atoms with E-state index in [0.717, 1.165) is 11.1 Å². The highest BCUT2D eigenvalue weighted by molar-refractivity contribution is 6.06. The van der Waals surface area contributed by atoms with Gasteiger partial charge in [0.15, 0.2) is 5.78 Å². The zero-order chi connectivity index (χ0) is 16.8. The Bertz CT molecular complexity index is 749. The highest BCUT2D eigenvalue weighted by Crippen LogP contribution is 2.24. The van der Waals surface area contributed by atoms with Crippen molar-refractivity contribution < 1.29 is 14.3 Å². The minimum Gasteiger partial charge on any atom is -0.504 e. The van der Waals surface area contributed by atoms with Crippen molar-refractivity contribution in [2.24, 2.45) is 0 Å². The number of carbonyl (C=O) groups excluding carboxylic acids is 2. The number of carbonyl (C=O) groups is 2. The second-order valence-corrected chi connectivity index (χ2v) is 5.17. The Morgan fingerprint density at radius 2 is 1.83 bits per heavy atom. The van der Waals surface area contributed by atoms with Crippen LogP contribution in [0.2, 0.25) is 0 Å². The molecule has 0 saturated heterocycles. The Balaban J connectivity index is 2.42. The first-order chi connectivity index (χ1) is 11.0. The molecule has 0 aliphatic heterocycles. The predicted molar refractivity (Wildman–Crippen MR) is 91.6 cm³/mol. The number of Topliss-reactive ketones (excluding diaryl/α,β-unsaturated/α-hetero) is 1. The van der Waals surface area contributed by atoms with E-state index in [4.69, 9.17) is 4.74 Å². The smallest absolute Gasteiger partial charge is 0.255 e. The van der Waals surface area contributed by atoms with Crippen molar-refractivity contribution in [2.75, 3.05) is 12.4 Å². The van der Waals surface area contributed by atoms with Crippen molar-refractivity contribution in [1.29, 1.82) is 0 Å². The van der Waals surface area contributed by atoms with Crippen molar-refractivity contribution in [3.05, 3.63) is 71.0 Å². The first kappa shape index (κ1) is 16.5. The van der Waals surface area contributed by atoms with Gasteiger partial charge in [-0.25, -0.2) is 0 Å². The first-order valence-corrected chi connectivity index (χ1v) is 7.24. The number of hydrogen-bond donors (Lipinski definition) is 1. The summed E-state index contributed by atoms with van der Waals surface area (Å²) >= 11 is 0. The first-order valence-electron chi connectivity index (χ1n) is 7.24. The maximum atomic E-state index is 12.4. The molecule has 0 spiro atoms. The molecule has 1 N–H and O–H groups in total. The van der Waals surface area contributed by atoms with Gasteiger partial charge in [0.2, 0.25) is 0 Å². The SMILES string of the molecule is CO/C=C\c1cc(C)c(C(C)=O)cc1NC(=O)c1ccccc1. The molecule has 4 heteroatoms. The van der Waals surface area contributed by atoms with E-state index in [0.29, 0.717) is 16.8 Å². The van der Waals surface area contributed by atoms with Gasteiger partial charge in [-0.05, 0) is 49.8 Å². The van der Waals surface area contributed by atoms with Crippen LogP contribution in [0.4, 0.5) is 5.69 Å². The Kier molecular flexibility index (Phi) is 5.31. The third-order valence-electron chi connectivity index (χ3n) is 3.44. The summed E-state index contributed by atoms with van der Waals surface area (Å²) in [5, 5.41) is 2.86. The minimum absolute atomic E-state index is 0.0417. The molecule has 2 aromatic rings. The van der Waals surface area contributed by atoms with Crippen molar-refractivity contribution in [2.45, 2.75) is 13.8 Å². The topological polar surface area (TPSA) is 55.4 Å². The largest absolute Gasteiger partial charge is 0.504 e. The van der Waals surface area contributed by atoms with Crippen LogP contribution in [0, 0.1) is 6.92 Å². The molecular formula is C19H19NO3. The van der Waals surface area contributed by atoms with Gasteiger partial charge in [0, 0.05) is 22.4 Å². The lowest BCUT2D eigenvalue weighted by Crippen LogP contribution is -2.13. The Labute approximate surface area is 135 Å². The van der Waals surface area contributed by atoms with Crippen LogP contribution in [0.5, 0.6) is 0 Å². The number of hydrogen-bond acceptors (Lipinski definition) is 3.